The number of methoxy groups -OCH3 is 1. The lowest BCUT2D eigenvalue weighted by molar-refractivity contribution is 0.415. The van der Waals surface area contributed by atoms with Crippen molar-refractivity contribution < 1.29 is 13.2 Å². The number of fused-ring (bicyclic) bond motifs is 1. The minimum atomic E-state index is -3.51. The minimum absolute atomic E-state index is 0.289. The van der Waals surface area contributed by atoms with E-state index in [1.54, 1.807) is 43.5 Å². The molecule has 0 aromatic heterocycles. The fraction of sp³-hybridized carbons (Fsp3) is 0.111. The zero-order valence-corrected chi connectivity index (χ0v) is 13.2. The third kappa shape index (κ3) is 2.57. The average Bonchev–Trinajstić information content (AvgIpc) is 2.54. The number of ether oxygens (including phenoxy) is 1. The van der Waals surface area contributed by atoms with Gasteiger partial charge in [0, 0.05) is 0 Å². The zero-order chi connectivity index (χ0) is 15.7. The molecule has 0 heterocycles. The third-order valence-electron chi connectivity index (χ3n) is 3.66. The molecule has 0 unspecified atom stereocenters. The van der Waals surface area contributed by atoms with Crippen molar-refractivity contribution in [2.45, 2.75) is 16.7 Å². The second-order valence-electron chi connectivity index (χ2n) is 5.19. The van der Waals surface area contributed by atoms with Crippen LogP contribution in [-0.2, 0) is 9.84 Å². The van der Waals surface area contributed by atoms with Gasteiger partial charge in [0.05, 0.1) is 16.9 Å². The van der Waals surface area contributed by atoms with Crippen LogP contribution in [0.5, 0.6) is 5.75 Å². The summed E-state index contributed by atoms with van der Waals surface area (Å²) in [5, 5.41) is 1.82. The second-order valence-corrected chi connectivity index (χ2v) is 7.14. The standard InChI is InChI=1S/C18H16O3S/c1-13-3-8-17(9-4-13)22(19,20)18-10-6-14-5-7-16(21-2)11-15(14)12-18/h3-12H,1-2H3. The summed E-state index contributed by atoms with van der Waals surface area (Å²) >= 11 is 0. The monoisotopic (exact) mass is 312 g/mol. The Morgan fingerprint density at radius 2 is 1.41 bits per heavy atom. The van der Waals surface area contributed by atoms with Gasteiger partial charge in [-0.15, -0.1) is 0 Å². The molecule has 3 nitrogen and oxygen atoms in total. The third-order valence-corrected chi connectivity index (χ3v) is 5.43. The Morgan fingerprint density at radius 1 is 0.773 bits per heavy atom. The lowest BCUT2D eigenvalue weighted by Crippen LogP contribution is -2.01. The predicted octanol–water partition coefficient (Wildman–Crippen LogP) is 3.99. The van der Waals surface area contributed by atoms with Gasteiger partial charge in [0.2, 0.25) is 9.84 Å². The van der Waals surface area contributed by atoms with Crippen LogP contribution in [-0.4, -0.2) is 15.5 Å². The maximum absolute atomic E-state index is 12.7. The van der Waals surface area contributed by atoms with Crippen molar-refractivity contribution in [2.24, 2.45) is 0 Å². The molecule has 0 fully saturated rings. The van der Waals surface area contributed by atoms with E-state index < -0.39 is 9.84 Å². The van der Waals surface area contributed by atoms with E-state index in [1.165, 1.54) is 0 Å². The lowest BCUT2D eigenvalue weighted by Gasteiger charge is -2.08. The Balaban J connectivity index is 2.14. The molecule has 0 saturated heterocycles. The van der Waals surface area contributed by atoms with Gasteiger partial charge in [-0.2, -0.15) is 0 Å². The van der Waals surface area contributed by atoms with Crippen LogP contribution in [0.15, 0.2) is 70.5 Å². The maximum Gasteiger partial charge on any atom is 0.206 e. The van der Waals surface area contributed by atoms with Crippen LogP contribution >= 0.6 is 0 Å². The van der Waals surface area contributed by atoms with Crippen LogP contribution in [0.3, 0.4) is 0 Å². The topological polar surface area (TPSA) is 43.4 Å². The van der Waals surface area contributed by atoms with E-state index in [4.69, 9.17) is 4.74 Å². The Bertz CT molecular complexity index is 926. The molecular formula is C18H16O3S. The fourth-order valence-electron chi connectivity index (χ4n) is 2.35. The van der Waals surface area contributed by atoms with Crippen molar-refractivity contribution in [3.8, 4) is 5.75 Å². The number of rotatable bonds is 3. The van der Waals surface area contributed by atoms with E-state index in [2.05, 4.69) is 0 Å². The molecule has 0 N–H and O–H groups in total. The molecule has 3 aromatic carbocycles. The fourth-order valence-corrected chi connectivity index (χ4v) is 3.65. The highest BCUT2D eigenvalue weighted by atomic mass is 32.2. The Kier molecular flexibility index (Phi) is 3.62. The molecule has 0 aliphatic carbocycles. The van der Waals surface area contributed by atoms with Crippen LogP contribution in [0.4, 0.5) is 0 Å². The highest BCUT2D eigenvalue weighted by Gasteiger charge is 2.17. The quantitative estimate of drug-likeness (QED) is 0.734. The van der Waals surface area contributed by atoms with Gasteiger partial charge in [-0.25, -0.2) is 8.42 Å². The highest BCUT2D eigenvalue weighted by Crippen LogP contribution is 2.27. The summed E-state index contributed by atoms with van der Waals surface area (Å²) in [6.07, 6.45) is 0. The summed E-state index contributed by atoms with van der Waals surface area (Å²) in [6, 6.07) is 17.6. The van der Waals surface area contributed by atoms with E-state index in [0.29, 0.717) is 10.6 Å². The van der Waals surface area contributed by atoms with Crippen LogP contribution in [0.2, 0.25) is 0 Å². The number of hydrogen-bond acceptors (Lipinski definition) is 3. The van der Waals surface area contributed by atoms with Crippen molar-refractivity contribution in [3.05, 3.63) is 66.2 Å². The molecule has 0 saturated carbocycles. The van der Waals surface area contributed by atoms with E-state index in [1.807, 2.05) is 31.2 Å². The van der Waals surface area contributed by atoms with E-state index in [0.717, 1.165) is 16.3 Å². The molecule has 0 amide bonds. The molecule has 0 atom stereocenters. The Labute approximate surface area is 130 Å². The van der Waals surface area contributed by atoms with Gasteiger partial charge in [0.1, 0.15) is 5.75 Å². The Hall–Kier alpha value is -2.33. The van der Waals surface area contributed by atoms with Gasteiger partial charge < -0.3 is 4.74 Å². The molecule has 0 spiro atoms. The molecule has 4 heteroatoms. The predicted molar refractivity (Wildman–Crippen MR) is 87.1 cm³/mol. The molecule has 0 aliphatic rings. The van der Waals surface area contributed by atoms with E-state index >= 15 is 0 Å². The molecular weight excluding hydrogens is 296 g/mol. The minimum Gasteiger partial charge on any atom is -0.497 e. The molecule has 0 bridgehead atoms. The smallest absolute Gasteiger partial charge is 0.206 e. The average molecular weight is 312 g/mol. The van der Waals surface area contributed by atoms with E-state index in [9.17, 15) is 8.42 Å². The van der Waals surface area contributed by atoms with Crippen LogP contribution < -0.4 is 4.74 Å². The zero-order valence-electron chi connectivity index (χ0n) is 12.4. The highest BCUT2D eigenvalue weighted by molar-refractivity contribution is 7.91. The van der Waals surface area contributed by atoms with Crippen LogP contribution in [0.1, 0.15) is 5.56 Å². The first-order valence-electron chi connectivity index (χ1n) is 6.90. The van der Waals surface area contributed by atoms with Crippen molar-refractivity contribution in [1.29, 1.82) is 0 Å². The number of aryl methyl sites for hydroxylation is 1. The largest absolute Gasteiger partial charge is 0.497 e. The van der Waals surface area contributed by atoms with Crippen molar-refractivity contribution >= 4 is 20.6 Å². The molecule has 22 heavy (non-hydrogen) atoms. The molecule has 3 aromatic rings. The van der Waals surface area contributed by atoms with Crippen molar-refractivity contribution in [2.75, 3.05) is 7.11 Å². The molecule has 112 valence electrons. The summed E-state index contributed by atoms with van der Waals surface area (Å²) in [6.45, 7) is 1.93. The summed E-state index contributed by atoms with van der Waals surface area (Å²) in [5.41, 5.74) is 1.03. The van der Waals surface area contributed by atoms with Gasteiger partial charge in [-0.05, 0) is 54.1 Å². The van der Waals surface area contributed by atoms with Crippen LogP contribution in [0, 0.1) is 6.92 Å². The SMILES string of the molecule is COc1ccc2ccc(S(=O)(=O)c3ccc(C)cc3)cc2c1. The second kappa shape index (κ2) is 5.46. The van der Waals surface area contributed by atoms with Gasteiger partial charge >= 0.3 is 0 Å². The van der Waals surface area contributed by atoms with Gasteiger partial charge in [-0.3, -0.25) is 0 Å². The first-order valence-corrected chi connectivity index (χ1v) is 8.38. The normalized spacial score (nSPS) is 11.5. The molecule has 3 rings (SSSR count). The van der Waals surface area contributed by atoms with Crippen molar-refractivity contribution in [1.82, 2.24) is 0 Å². The summed E-state index contributed by atoms with van der Waals surface area (Å²) in [5.74, 6) is 0.706. The van der Waals surface area contributed by atoms with Gasteiger partial charge in [0.15, 0.2) is 0 Å². The number of hydrogen-bond donors (Lipinski definition) is 0. The Morgan fingerprint density at radius 3 is 2.09 bits per heavy atom. The number of benzene rings is 3. The van der Waals surface area contributed by atoms with Gasteiger partial charge in [0.25, 0.3) is 0 Å². The first kappa shape index (κ1) is 14.6. The molecule has 0 radical (unpaired) electrons. The first-order chi connectivity index (χ1) is 10.5. The van der Waals surface area contributed by atoms with Gasteiger partial charge in [-0.1, -0.05) is 29.8 Å². The lowest BCUT2D eigenvalue weighted by atomic mass is 10.1. The number of sulfone groups is 1. The van der Waals surface area contributed by atoms with Crippen LogP contribution in [0.25, 0.3) is 10.8 Å². The summed E-state index contributed by atoms with van der Waals surface area (Å²) < 4.78 is 30.6. The van der Waals surface area contributed by atoms with Crippen molar-refractivity contribution in [3.63, 3.8) is 0 Å². The summed E-state index contributed by atoms with van der Waals surface area (Å²) in [4.78, 5) is 0.595. The van der Waals surface area contributed by atoms with E-state index in [-0.39, 0.29) is 4.90 Å². The maximum atomic E-state index is 12.7. The summed E-state index contributed by atoms with van der Waals surface area (Å²) in [7, 11) is -1.92. The molecule has 0 aliphatic heterocycles.